The molecule has 1 heterocycles. The molecule has 0 saturated carbocycles. The monoisotopic (exact) mass is 440 g/mol. The molecular weight excluding hydrogens is 423 g/mol. The molecule has 0 unspecified atom stereocenters. The fourth-order valence-corrected chi connectivity index (χ4v) is 4.89. The fraction of sp³-hybridized carbons (Fsp3) is 0.278. The highest BCUT2D eigenvalue weighted by molar-refractivity contribution is 9.10. The Morgan fingerprint density at radius 3 is 2.38 bits per heavy atom. The first-order valence-corrected chi connectivity index (χ1v) is 10.4. The van der Waals surface area contributed by atoms with Crippen LogP contribution in [0.1, 0.15) is 5.56 Å². The summed E-state index contributed by atoms with van der Waals surface area (Å²) < 4.78 is 41.2. The lowest BCUT2D eigenvalue weighted by Crippen LogP contribution is -2.50. The van der Waals surface area contributed by atoms with Crippen LogP contribution in [0.3, 0.4) is 0 Å². The molecule has 1 saturated heterocycles. The van der Waals surface area contributed by atoms with Crippen LogP contribution in [0.25, 0.3) is 0 Å². The van der Waals surface area contributed by atoms with Gasteiger partial charge in [-0.3, -0.25) is 4.79 Å². The molecule has 3 rings (SSSR count). The van der Waals surface area contributed by atoms with Crippen molar-refractivity contribution in [2.45, 2.75) is 11.3 Å². The first kappa shape index (κ1) is 19.0. The van der Waals surface area contributed by atoms with Crippen molar-refractivity contribution in [3.8, 4) is 0 Å². The van der Waals surface area contributed by atoms with Gasteiger partial charge in [0.2, 0.25) is 15.9 Å². The van der Waals surface area contributed by atoms with Crippen molar-refractivity contribution in [3.63, 3.8) is 0 Å². The number of piperazine rings is 1. The quantitative estimate of drug-likeness (QED) is 0.733. The Hall–Kier alpha value is -1.77. The SMILES string of the molecule is O=C(Cc1ccccc1F)N1CCN(S(=O)(=O)c2cccc(Br)c2)CC1. The molecule has 0 aromatic heterocycles. The Morgan fingerprint density at radius 2 is 1.73 bits per heavy atom. The number of rotatable bonds is 4. The predicted molar refractivity (Wildman–Crippen MR) is 99.6 cm³/mol. The van der Waals surface area contributed by atoms with Crippen molar-refractivity contribution in [3.05, 3.63) is 64.4 Å². The topological polar surface area (TPSA) is 57.7 Å². The molecule has 5 nitrogen and oxygen atoms in total. The number of carbonyl (C=O) groups excluding carboxylic acids is 1. The van der Waals surface area contributed by atoms with E-state index >= 15 is 0 Å². The lowest BCUT2D eigenvalue weighted by Gasteiger charge is -2.34. The van der Waals surface area contributed by atoms with E-state index in [1.807, 2.05) is 0 Å². The number of benzene rings is 2. The van der Waals surface area contributed by atoms with Crippen molar-refractivity contribution in [2.24, 2.45) is 0 Å². The maximum atomic E-state index is 13.7. The molecule has 0 radical (unpaired) electrons. The molecule has 1 aliphatic rings. The number of halogens is 2. The van der Waals surface area contributed by atoms with E-state index in [4.69, 9.17) is 0 Å². The zero-order valence-corrected chi connectivity index (χ0v) is 16.3. The third-order valence-corrected chi connectivity index (χ3v) is 6.71. The molecule has 0 aliphatic carbocycles. The molecule has 138 valence electrons. The summed E-state index contributed by atoms with van der Waals surface area (Å²) >= 11 is 3.28. The molecule has 0 spiro atoms. The van der Waals surface area contributed by atoms with E-state index in [2.05, 4.69) is 15.9 Å². The smallest absolute Gasteiger partial charge is 0.243 e. The first-order chi connectivity index (χ1) is 12.4. The molecule has 0 bridgehead atoms. The minimum Gasteiger partial charge on any atom is -0.340 e. The Morgan fingerprint density at radius 1 is 1.04 bits per heavy atom. The second-order valence-electron chi connectivity index (χ2n) is 6.01. The van der Waals surface area contributed by atoms with E-state index in [9.17, 15) is 17.6 Å². The normalized spacial score (nSPS) is 15.8. The highest BCUT2D eigenvalue weighted by atomic mass is 79.9. The zero-order chi connectivity index (χ0) is 18.7. The Labute approximate surface area is 160 Å². The number of nitrogens with zero attached hydrogens (tertiary/aromatic N) is 2. The van der Waals surface area contributed by atoms with Crippen LogP contribution in [0.4, 0.5) is 4.39 Å². The van der Waals surface area contributed by atoms with Gasteiger partial charge in [-0.05, 0) is 29.8 Å². The number of hydrogen-bond acceptors (Lipinski definition) is 3. The average Bonchev–Trinajstić information content (AvgIpc) is 2.63. The van der Waals surface area contributed by atoms with Crippen molar-refractivity contribution in [1.82, 2.24) is 9.21 Å². The van der Waals surface area contributed by atoms with E-state index in [0.717, 1.165) is 0 Å². The Kier molecular flexibility index (Phi) is 5.74. The van der Waals surface area contributed by atoms with Gasteiger partial charge < -0.3 is 4.90 Å². The largest absolute Gasteiger partial charge is 0.340 e. The minimum absolute atomic E-state index is 0.0228. The summed E-state index contributed by atoms with van der Waals surface area (Å²) in [5.74, 6) is -0.605. The molecule has 8 heteroatoms. The summed E-state index contributed by atoms with van der Waals surface area (Å²) in [5.41, 5.74) is 0.349. The minimum atomic E-state index is -3.59. The third kappa shape index (κ3) is 4.13. The molecule has 1 amide bonds. The van der Waals surface area contributed by atoms with Gasteiger partial charge in [-0.2, -0.15) is 4.31 Å². The van der Waals surface area contributed by atoms with E-state index in [-0.39, 0.29) is 30.3 Å². The Bertz CT molecular complexity index is 912. The van der Waals surface area contributed by atoms with Gasteiger partial charge in [0.05, 0.1) is 11.3 Å². The Balaban J connectivity index is 1.64. The van der Waals surface area contributed by atoms with Crippen molar-refractivity contribution >= 4 is 31.9 Å². The van der Waals surface area contributed by atoms with Crippen molar-refractivity contribution < 1.29 is 17.6 Å². The lowest BCUT2D eigenvalue weighted by atomic mass is 10.1. The van der Waals surface area contributed by atoms with Crippen LogP contribution in [0.2, 0.25) is 0 Å². The van der Waals surface area contributed by atoms with Crippen molar-refractivity contribution in [2.75, 3.05) is 26.2 Å². The van der Waals surface area contributed by atoms with Gasteiger partial charge >= 0.3 is 0 Å². The maximum Gasteiger partial charge on any atom is 0.243 e. The van der Waals surface area contributed by atoms with E-state index in [1.165, 1.54) is 10.4 Å². The first-order valence-electron chi connectivity index (χ1n) is 8.15. The number of amides is 1. The van der Waals surface area contributed by atoms with Crippen LogP contribution in [-0.2, 0) is 21.2 Å². The zero-order valence-electron chi connectivity index (χ0n) is 13.9. The van der Waals surface area contributed by atoms with Gasteiger partial charge in [0.1, 0.15) is 5.82 Å². The van der Waals surface area contributed by atoms with Gasteiger partial charge in [-0.1, -0.05) is 40.2 Å². The molecular formula is C18H18BrFN2O3S. The van der Waals surface area contributed by atoms with Gasteiger partial charge in [-0.25, -0.2) is 12.8 Å². The van der Waals surface area contributed by atoms with Gasteiger partial charge in [-0.15, -0.1) is 0 Å². The second-order valence-corrected chi connectivity index (χ2v) is 8.86. The van der Waals surface area contributed by atoms with Crippen LogP contribution >= 0.6 is 15.9 Å². The molecule has 1 aliphatic heterocycles. The molecule has 1 fully saturated rings. The van der Waals surface area contributed by atoms with E-state index in [1.54, 1.807) is 47.4 Å². The highest BCUT2D eigenvalue weighted by Gasteiger charge is 2.30. The van der Waals surface area contributed by atoms with Crippen LogP contribution < -0.4 is 0 Å². The third-order valence-electron chi connectivity index (χ3n) is 4.32. The number of hydrogen-bond donors (Lipinski definition) is 0. The summed E-state index contributed by atoms with van der Waals surface area (Å²) in [4.78, 5) is 14.2. The molecule has 0 atom stereocenters. The van der Waals surface area contributed by atoms with Gasteiger partial charge in [0.15, 0.2) is 0 Å². The van der Waals surface area contributed by atoms with Gasteiger partial charge in [0, 0.05) is 30.7 Å². The molecule has 26 heavy (non-hydrogen) atoms. The fourth-order valence-electron chi connectivity index (χ4n) is 2.87. The van der Waals surface area contributed by atoms with Crippen LogP contribution in [0.15, 0.2) is 57.9 Å². The molecule has 0 N–H and O–H groups in total. The van der Waals surface area contributed by atoms with E-state index < -0.39 is 15.8 Å². The number of sulfonamides is 1. The molecule has 2 aromatic rings. The standard InChI is InChI=1S/C18H18BrFN2O3S/c19-15-5-3-6-16(13-15)26(24,25)22-10-8-21(9-11-22)18(23)12-14-4-1-2-7-17(14)20/h1-7,13H,8-12H2. The summed E-state index contributed by atoms with van der Waals surface area (Å²) in [6.07, 6.45) is -0.0228. The summed E-state index contributed by atoms with van der Waals surface area (Å²) in [7, 11) is -3.59. The van der Waals surface area contributed by atoms with Crippen LogP contribution in [0.5, 0.6) is 0 Å². The highest BCUT2D eigenvalue weighted by Crippen LogP contribution is 2.21. The maximum absolute atomic E-state index is 13.7. The second kappa shape index (κ2) is 7.85. The summed E-state index contributed by atoms with van der Waals surface area (Å²) in [5, 5.41) is 0. The predicted octanol–water partition coefficient (Wildman–Crippen LogP) is 2.66. The average molecular weight is 441 g/mol. The van der Waals surface area contributed by atoms with Crippen LogP contribution in [-0.4, -0.2) is 49.7 Å². The van der Waals surface area contributed by atoms with Gasteiger partial charge in [0.25, 0.3) is 0 Å². The van der Waals surface area contributed by atoms with Crippen LogP contribution in [0, 0.1) is 5.82 Å². The summed E-state index contributed by atoms with van der Waals surface area (Å²) in [6.45, 7) is 1.02. The lowest BCUT2D eigenvalue weighted by molar-refractivity contribution is -0.131. The summed E-state index contributed by atoms with van der Waals surface area (Å²) in [6, 6.07) is 12.7. The van der Waals surface area contributed by atoms with E-state index in [0.29, 0.717) is 23.1 Å². The molecule has 2 aromatic carbocycles. The van der Waals surface area contributed by atoms with Crippen molar-refractivity contribution in [1.29, 1.82) is 0 Å². The number of carbonyl (C=O) groups is 1.